The number of nitrogens with two attached hydrogens (primary N) is 1. The summed E-state index contributed by atoms with van der Waals surface area (Å²) in [6.45, 7) is 2.39. The smallest absolute Gasteiger partial charge is 0.272 e. The van der Waals surface area contributed by atoms with Crippen molar-refractivity contribution in [3.63, 3.8) is 0 Å². The number of piperidine rings is 1. The molecule has 1 amide bonds. The maximum Gasteiger partial charge on any atom is 0.272 e. The zero-order valence-corrected chi connectivity index (χ0v) is 11.5. The fourth-order valence-electron chi connectivity index (χ4n) is 2.47. The Balaban J connectivity index is 0.00000162. The summed E-state index contributed by atoms with van der Waals surface area (Å²) in [5.74, 6) is 0.651. The van der Waals surface area contributed by atoms with Crippen LogP contribution in [0.25, 0.3) is 0 Å². The molecule has 1 fully saturated rings. The fraction of sp³-hybridized carbons (Fsp3) is 0.667. The van der Waals surface area contributed by atoms with Crippen LogP contribution in [0.3, 0.4) is 0 Å². The lowest BCUT2D eigenvalue weighted by Crippen LogP contribution is -2.41. The maximum absolute atomic E-state index is 12.3. The third-order valence-corrected chi connectivity index (χ3v) is 3.42. The standard InChI is InChI=1S/C12H20N4O.ClH/c1-15-11(5-7-14-15)12(17)16-8-2-3-10(9-16)4-6-13;/h5,7,10H,2-4,6,8-9,13H2,1H3;1H. The maximum atomic E-state index is 12.3. The van der Waals surface area contributed by atoms with Gasteiger partial charge in [0.05, 0.1) is 0 Å². The van der Waals surface area contributed by atoms with Gasteiger partial charge in [0, 0.05) is 26.3 Å². The molecule has 18 heavy (non-hydrogen) atoms. The van der Waals surface area contributed by atoms with Crippen LogP contribution in [-0.4, -0.2) is 40.2 Å². The largest absolute Gasteiger partial charge is 0.337 e. The first-order valence-corrected chi connectivity index (χ1v) is 6.19. The van der Waals surface area contributed by atoms with Crippen LogP contribution in [0.5, 0.6) is 0 Å². The summed E-state index contributed by atoms with van der Waals surface area (Å²) in [5, 5.41) is 4.04. The van der Waals surface area contributed by atoms with Gasteiger partial charge in [-0.05, 0) is 37.8 Å². The number of nitrogens with zero attached hydrogens (tertiary/aromatic N) is 3. The van der Waals surface area contributed by atoms with Gasteiger partial charge >= 0.3 is 0 Å². The van der Waals surface area contributed by atoms with Gasteiger partial charge in [0.15, 0.2) is 0 Å². The van der Waals surface area contributed by atoms with Crippen molar-refractivity contribution in [2.24, 2.45) is 18.7 Å². The lowest BCUT2D eigenvalue weighted by molar-refractivity contribution is 0.0658. The Hall–Kier alpha value is -1.07. The second kappa shape index (κ2) is 6.75. The molecule has 0 spiro atoms. The van der Waals surface area contributed by atoms with Gasteiger partial charge in [0.25, 0.3) is 5.91 Å². The predicted molar refractivity (Wildman–Crippen MR) is 72.8 cm³/mol. The van der Waals surface area contributed by atoms with Crippen LogP contribution in [0.2, 0.25) is 0 Å². The molecule has 1 aliphatic rings. The molecule has 1 atom stereocenters. The van der Waals surface area contributed by atoms with Crippen LogP contribution in [-0.2, 0) is 7.05 Å². The van der Waals surface area contributed by atoms with E-state index in [0.29, 0.717) is 18.2 Å². The Labute approximate surface area is 114 Å². The van der Waals surface area contributed by atoms with Crippen molar-refractivity contribution in [1.29, 1.82) is 0 Å². The minimum atomic E-state index is 0. The van der Waals surface area contributed by atoms with E-state index in [1.54, 1.807) is 24.0 Å². The molecular formula is C12H21ClN4O. The van der Waals surface area contributed by atoms with Crippen molar-refractivity contribution in [3.05, 3.63) is 18.0 Å². The van der Waals surface area contributed by atoms with Gasteiger partial charge in [-0.15, -0.1) is 12.4 Å². The highest BCUT2D eigenvalue weighted by Gasteiger charge is 2.25. The normalized spacial score (nSPS) is 19.4. The first kappa shape index (κ1) is 15.0. The first-order chi connectivity index (χ1) is 8.22. The molecule has 2 rings (SSSR count). The summed E-state index contributed by atoms with van der Waals surface area (Å²) >= 11 is 0. The SMILES string of the molecule is Cl.Cn1nccc1C(=O)N1CCCC(CCN)C1. The van der Waals surface area contributed by atoms with E-state index in [1.165, 1.54) is 6.42 Å². The number of likely N-dealkylation sites (tertiary alicyclic amines) is 1. The van der Waals surface area contributed by atoms with Crippen molar-refractivity contribution >= 4 is 18.3 Å². The van der Waals surface area contributed by atoms with Crippen molar-refractivity contribution in [2.75, 3.05) is 19.6 Å². The van der Waals surface area contributed by atoms with E-state index in [-0.39, 0.29) is 18.3 Å². The molecule has 1 saturated heterocycles. The molecule has 0 aliphatic carbocycles. The number of halogens is 1. The van der Waals surface area contributed by atoms with Crippen LogP contribution < -0.4 is 5.73 Å². The lowest BCUT2D eigenvalue weighted by atomic mass is 9.94. The number of carbonyl (C=O) groups excluding carboxylic acids is 1. The molecule has 1 aliphatic heterocycles. The summed E-state index contributed by atoms with van der Waals surface area (Å²) < 4.78 is 1.63. The van der Waals surface area contributed by atoms with E-state index in [4.69, 9.17) is 5.73 Å². The average molecular weight is 273 g/mol. The molecule has 0 saturated carbocycles. The second-order valence-electron chi connectivity index (χ2n) is 4.68. The van der Waals surface area contributed by atoms with E-state index in [2.05, 4.69) is 5.10 Å². The Kier molecular flexibility index (Phi) is 5.62. The number of rotatable bonds is 3. The highest BCUT2D eigenvalue weighted by molar-refractivity contribution is 5.92. The topological polar surface area (TPSA) is 64.2 Å². The Bertz CT molecular complexity index is 391. The highest BCUT2D eigenvalue weighted by Crippen LogP contribution is 2.20. The monoisotopic (exact) mass is 272 g/mol. The number of aryl methyl sites for hydroxylation is 1. The highest BCUT2D eigenvalue weighted by atomic mass is 35.5. The third kappa shape index (κ3) is 3.23. The van der Waals surface area contributed by atoms with Crippen molar-refractivity contribution in [2.45, 2.75) is 19.3 Å². The molecule has 6 heteroatoms. The van der Waals surface area contributed by atoms with Crippen LogP contribution in [0.15, 0.2) is 12.3 Å². The van der Waals surface area contributed by atoms with Gasteiger partial charge in [-0.2, -0.15) is 5.10 Å². The molecule has 0 aromatic carbocycles. The molecule has 0 bridgehead atoms. The average Bonchev–Trinajstić information content (AvgIpc) is 2.75. The van der Waals surface area contributed by atoms with Crippen LogP contribution in [0.4, 0.5) is 0 Å². The number of carbonyl (C=O) groups is 1. The van der Waals surface area contributed by atoms with Crippen molar-refractivity contribution < 1.29 is 4.79 Å². The predicted octanol–water partition coefficient (Wildman–Crippen LogP) is 1.04. The summed E-state index contributed by atoms with van der Waals surface area (Å²) in [5.41, 5.74) is 6.25. The lowest BCUT2D eigenvalue weighted by Gasteiger charge is -2.32. The van der Waals surface area contributed by atoms with E-state index in [0.717, 1.165) is 25.9 Å². The Morgan fingerprint density at radius 1 is 1.61 bits per heavy atom. The van der Waals surface area contributed by atoms with Crippen LogP contribution in [0, 0.1) is 5.92 Å². The summed E-state index contributed by atoms with van der Waals surface area (Å²) in [6.07, 6.45) is 4.93. The zero-order chi connectivity index (χ0) is 12.3. The minimum Gasteiger partial charge on any atom is -0.337 e. The van der Waals surface area contributed by atoms with Crippen molar-refractivity contribution in [3.8, 4) is 0 Å². The molecule has 5 nitrogen and oxygen atoms in total. The second-order valence-corrected chi connectivity index (χ2v) is 4.68. The number of hydrogen-bond donors (Lipinski definition) is 1. The Morgan fingerprint density at radius 3 is 3.00 bits per heavy atom. The minimum absolute atomic E-state index is 0. The summed E-state index contributed by atoms with van der Waals surface area (Å²) in [7, 11) is 1.80. The number of hydrogen-bond acceptors (Lipinski definition) is 3. The van der Waals surface area contributed by atoms with E-state index in [9.17, 15) is 4.79 Å². The molecule has 1 unspecified atom stereocenters. The quantitative estimate of drug-likeness (QED) is 0.894. The Morgan fingerprint density at radius 2 is 2.39 bits per heavy atom. The van der Waals surface area contributed by atoms with Crippen LogP contribution in [0.1, 0.15) is 29.8 Å². The van der Waals surface area contributed by atoms with Gasteiger partial charge in [-0.3, -0.25) is 9.48 Å². The number of amides is 1. The van der Waals surface area contributed by atoms with Gasteiger partial charge in [-0.25, -0.2) is 0 Å². The van der Waals surface area contributed by atoms with Gasteiger partial charge in [-0.1, -0.05) is 0 Å². The molecule has 2 N–H and O–H groups in total. The van der Waals surface area contributed by atoms with E-state index >= 15 is 0 Å². The molecule has 0 radical (unpaired) electrons. The van der Waals surface area contributed by atoms with Gasteiger partial charge < -0.3 is 10.6 Å². The van der Waals surface area contributed by atoms with Gasteiger partial charge in [0.2, 0.25) is 0 Å². The van der Waals surface area contributed by atoms with Crippen molar-refractivity contribution in [1.82, 2.24) is 14.7 Å². The zero-order valence-electron chi connectivity index (χ0n) is 10.7. The number of aromatic nitrogens is 2. The van der Waals surface area contributed by atoms with E-state index in [1.807, 2.05) is 4.90 Å². The molecule has 102 valence electrons. The molecule has 1 aromatic heterocycles. The fourth-order valence-corrected chi connectivity index (χ4v) is 2.47. The first-order valence-electron chi connectivity index (χ1n) is 6.19. The summed E-state index contributed by atoms with van der Waals surface area (Å²) in [4.78, 5) is 14.2. The van der Waals surface area contributed by atoms with Crippen LogP contribution >= 0.6 is 12.4 Å². The third-order valence-electron chi connectivity index (χ3n) is 3.42. The molecule has 1 aromatic rings. The molecule has 2 heterocycles. The van der Waals surface area contributed by atoms with E-state index < -0.39 is 0 Å². The summed E-state index contributed by atoms with van der Waals surface area (Å²) in [6, 6.07) is 1.77. The van der Waals surface area contributed by atoms with Gasteiger partial charge in [0.1, 0.15) is 5.69 Å². The molecular weight excluding hydrogens is 252 g/mol.